The van der Waals surface area contributed by atoms with E-state index in [9.17, 15) is 8.42 Å². The molecule has 68 valence electrons. The highest BCUT2D eigenvalue weighted by atomic mass is 32.2. The molecule has 0 spiro atoms. The van der Waals surface area contributed by atoms with E-state index < -0.39 is 15.7 Å². The van der Waals surface area contributed by atoms with Crippen molar-refractivity contribution in [2.45, 2.75) is 26.4 Å². The minimum absolute atomic E-state index is 0.0502. The van der Waals surface area contributed by atoms with Gasteiger partial charge in [-0.1, -0.05) is 12.5 Å². The van der Waals surface area contributed by atoms with Gasteiger partial charge in [-0.2, -0.15) is 8.42 Å². The Labute approximate surface area is 73.6 Å². The minimum atomic E-state index is -3.70. The molecule has 0 N–H and O–H groups in total. The molecule has 0 aliphatic rings. The van der Waals surface area contributed by atoms with Crippen LogP contribution in [0.1, 0.15) is 20.8 Å². The van der Waals surface area contributed by atoms with Crippen LogP contribution >= 0.6 is 0 Å². The fourth-order valence-corrected chi connectivity index (χ4v) is 1.11. The SMILES string of the molecule is C#CC(C)(C)OS(=O)(=O)C(=C)C. The molecule has 3 nitrogen and oxygen atoms in total. The van der Waals surface area contributed by atoms with Gasteiger partial charge in [0.2, 0.25) is 0 Å². The first-order valence-corrected chi connectivity index (χ1v) is 4.71. The van der Waals surface area contributed by atoms with E-state index in [1.807, 2.05) is 0 Å². The zero-order chi connectivity index (χ0) is 9.99. The maximum atomic E-state index is 11.1. The molecule has 0 aromatic carbocycles. The normalized spacial score (nSPS) is 12.2. The van der Waals surface area contributed by atoms with Crippen LogP contribution in [0.25, 0.3) is 0 Å². The lowest BCUT2D eigenvalue weighted by Crippen LogP contribution is -2.26. The van der Waals surface area contributed by atoms with Crippen LogP contribution in [-0.2, 0) is 14.3 Å². The van der Waals surface area contributed by atoms with Crippen LogP contribution in [0.3, 0.4) is 0 Å². The number of allylic oxidation sites excluding steroid dienone is 1. The number of hydrogen-bond acceptors (Lipinski definition) is 3. The average molecular weight is 188 g/mol. The molecule has 0 aliphatic carbocycles. The zero-order valence-electron chi connectivity index (χ0n) is 7.42. The van der Waals surface area contributed by atoms with E-state index in [1.54, 1.807) is 0 Å². The van der Waals surface area contributed by atoms with Gasteiger partial charge in [0.25, 0.3) is 10.1 Å². The van der Waals surface area contributed by atoms with Crippen LogP contribution in [0.5, 0.6) is 0 Å². The van der Waals surface area contributed by atoms with Crippen molar-refractivity contribution >= 4 is 10.1 Å². The van der Waals surface area contributed by atoms with Crippen molar-refractivity contribution in [3.05, 3.63) is 11.5 Å². The van der Waals surface area contributed by atoms with E-state index in [4.69, 9.17) is 6.42 Å². The Balaban J connectivity index is 4.73. The van der Waals surface area contributed by atoms with Crippen molar-refractivity contribution < 1.29 is 12.6 Å². The molecule has 0 heterocycles. The zero-order valence-corrected chi connectivity index (χ0v) is 8.23. The first-order valence-electron chi connectivity index (χ1n) is 3.30. The van der Waals surface area contributed by atoms with Gasteiger partial charge in [0.05, 0.1) is 4.91 Å². The fourth-order valence-electron chi connectivity index (χ4n) is 0.369. The number of terminal acetylenes is 1. The van der Waals surface area contributed by atoms with Crippen molar-refractivity contribution in [1.82, 2.24) is 0 Å². The summed E-state index contributed by atoms with van der Waals surface area (Å²) in [4.78, 5) is -0.0502. The van der Waals surface area contributed by atoms with Crippen molar-refractivity contribution in [2.75, 3.05) is 0 Å². The van der Waals surface area contributed by atoms with Gasteiger partial charge in [-0.25, -0.2) is 4.18 Å². The van der Waals surface area contributed by atoms with Crippen LogP contribution in [-0.4, -0.2) is 14.0 Å². The van der Waals surface area contributed by atoms with Gasteiger partial charge in [0, 0.05) is 0 Å². The molecule has 0 radical (unpaired) electrons. The van der Waals surface area contributed by atoms with Gasteiger partial charge >= 0.3 is 0 Å². The lowest BCUT2D eigenvalue weighted by atomic mass is 10.2. The fraction of sp³-hybridized carbons (Fsp3) is 0.500. The molecular weight excluding hydrogens is 176 g/mol. The predicted molar refractivity (Wildman–Crippen MR) is 47.7 cm³/mol. The number of hydrogen-bond donors (Lipinski definition) is 0. The van der Waals surface area contributed by atoms with E-state index in [1.165, 1.54) is 20.8 Å². The summed E-state index contributed by atoms with van der Waals surface area (Å²) in [5, 5.41) is 0. The van der Waals surface area contributed by atoms with Gasteiger partial charge in [-0.15, -0.1) is 6.42 Å². The molecule has 0 fully saturated rings. The molecule has 0 aliphatic heterocycles. The summed E-state index contributed by atoms with van der Waals surface area (Å²) in [6.45, 7) is 7.60. The van der Waals surface area contributed by atoms with Gasteiger partial charge in [0.15, 0.2) is 0 Å². The Morgan fingerprint density at radius 3 is 2.25 bits per heavy atom. The lowest BCUT2D eigenvalue weighted by molar-refractivity contribution is 0.183. The quantitative estimate of drug-likeness (QED) is 0.495. The molecule has 0 saturated heterocycles. The summed E-state index contributed by atoms with van der Waals surface area (Å²) >= 11 is 0. The van der Waals surface area contributed by atoms with Crippen LogP contribution in [0.4, 0.5) is 0 Å². The maximum absolute atomic E-state index is 11.1. The highest BCUT2D eigenvalue weighted by Gasteiger charge is 2.24. The Kier molecular flexibility index (Phi) is 3.08. The summed E-state index contributed by atoms with van der Waals surface area (Å²) in [6.07, 6.45) is 5.04. The molecule has 0 bridgehead atoms. The van der Waals surface area contributed by atoms with Crippen LogP contribution < -0.4 is 0 Å². The van der Waals surface area contributed by atoms with E-state index in [0.717, 1.165) is 0 Å². The highest BCUT2D eigenvalue weighted by Crippen LogP contribution is 2.16. The second kappa shape index (κ2) is 3.30. The molecule has 0 saturated carbocycles. The summed E-state index contributed by atoms with van der Waals surface area (Å²) in [5.74, 6) is 2.21. The molecule has 0 aromatic heterocycles. The molecule has 0 rings (SSSR count). The minimum Gasteiger partial charge on any atom is -0.247 e. The van der Waals surface area contributed by atoms with Crippen LogP contribution in [0.15, 0.2) is 11.5 Å². The Hall–Kier alpha value is -0.790. The largest absolute Gasteiger partial charge is 0.293 e. The Morgan fingerprint density at radius 1 is 1.58 bits per heavy atom. The monoisotopic (exact) mass is 188 g/mol. The Morgan fingerprint density at radius 2 is 2.00 bits per heavy atom. The standard InChI is InChI=1S/C8H12O3S/c1-6-8(4,5)11-12(9,10)7(2)3/h1H,2H2,3-5H3. The molecule has 0 amide bonds. The highest BCUT2D eigenvalue weighted by molar-refractivity contribution is 7.90. The van der Waals surface area contributed by atoms with Crippen molar-refractivity contribution in [3.8, 4) is 12.3 Å². The van der Waals surface area contributed by atoms with E-state index in [0.29, 0.717) is 0 Å². The third kappa shape index (κ3) is 3.07. The molecule has 0 unspecified atom stereocenters. The van der Waals surface area contributed by atoms with Gasteiger partial charge in [0.1, 0.15) is 5.60 Å². The molecule has 4 heteroatoms. The molecule has 0 atom stereocenters. The van der Waals surface area contributed by atoms with Crippen LogP contribution in [0.2, 0.25) is 0 Å². The number of rotatable bonds is 3. The van der Waals surface area contributed by atoms with E-state index >= 15 is 0 Å². The average Bonchev–Trinajstić information content (AvgIpc) is 1.85. The summed E-state index contributed by atoms with van der Waals surface area (Å²) in [7, 11) is -3.70. The maximum Gasteiger partial charge on any atom is 0.293 e. The van der Waals surface area contributed by atoms with Crippen molar-refractivity contribution in [2.24, 2.45) is 0 Å². The third-order valence-corrected chi connectivity index (χ3v) is 2.58. The van der Waals surface area contributed by atoms with Crippen molar-refractivity contribution in [3.63, 3.8) is 0 Å². The van der Waals surface area contributed by atoms with E-state index in [-0.39, 0.29) is 4.91 Å². The summed E-state index contributed by atoms with van der Waals surface area (Å²) < 4.78 is 26.8. The lowest BCUT2D eigenvalue weighted by Gasteiger charge is -2.17. The molecular formula is C8H12O3S. The van der Waals surface area contributed by atoms with Crippen LogP contribution in [0, 0.1) is 12.3 Å². The molecule has 12 heavy (non-hydrogen) atoms. The summed E-state index contributed by atoms with van der Waals surface area (Å²) in [6, 6.07) is 0. The van der Waals surface area contributed by atoms with Gasteiger partial charge in [-0.3, -0.25) is 0 Å². The topological polar surface area (TPSA) is 43.4 Å². The molecule has 0 aromatic rings. The van der Waals surface area contributed by atoms with Crippen molar-refractivity contribution in [1.29, 1.82) is 0 Å². The third-order valence-electron chi connectivity index (χ3n) is 1.09. The first-order chi connectivity index (χ1) is 5.21. The summed E-state index contributed by atoms with van der Waals surface area (Å²) in [5.41, 5.74) is -1.11. The van der Waals surface area contributed by atoms with Gasteiger partial charge in [-0.05, 0) is 20.8 Å². The predicted octanol–water partition coefficient (Wildman–Crippen LogP) is 1.28. The first kappa shape index (κ1) is 11.2. The second-order valence-electron chi connectivity index (χ2n) is 2.89. The van der Waals surface area contributed by atoms with E-state index in [2.05, 4.69) is 16.7 Å². The van der Waals surface area contributed by atoms with Gasteiger partial charge < -0.3 is 0 Å². The Bertz CT molecular complexity index is 317. The smallest absolute Gasteiger partial charge is 0.247 e. The second-order valence-corrected chi connectivity index (χ2v) is 4.67.